The van der Waals surface area contributed by atoms with Crippen LogP contribution in [0, 0.1) is 0 Å². The summed E-state index contributed by atoms with van der Waals surface area (Å²) in [6.07, 6.45) is 6.85. The molecule has 2 N–H and O–H groups in total. The highest BCUT2D eigenvalue weighted by Gasteiger charge is 2.21. The van der Waals surface area contributed by atoms with Crippen LogP contribution >= 0.6 is 0 Å². The highest BCUT2D eigenvalue weighted by Crippen LogP contribution is 2.11. The molecule has 0 unspecified atom stereocenters. The molecule has 124 valence electrons. The summed E-state index contributed by atoms with van der Waals surface area (Å²) >= 11 is 0. The van der Waals surface area contributed by atoms with Crippen molar-refractivity contribution >= 4 is 6.03 Å². The molecule has 0 atom stereocenters. The first kappa shape index (κ1) is 17.0. The van der Waals surface area contributed by atoms with E-state index in [4.69, 9.17) is 0 Å². The van der Waals surface area contributed by atoms with E-state index in [1.54, 1.807) is 48.2 Å². The van der Waals surface area contributed by atoms with Gasteiger partial charge in [0, 0.05) is 37.2 Å². The summed E-state index contributed by atoms with van der Waals surface area (Å²) in [6, 6.07) is 3.53. The first-order valence-corrected chi connectivity index (χ1v) is 7.58. The monoisotopic (exact) mass is 317 g/mol. The number of nitrogens with one attached hydrogen (secondary N) is 1. The Kier molecular flexibility index (Phi) is 5.33. The smallest absolute Gasteiger partial charge is 0.317 e. The number of hydrogen-bond acceptors (Lipinski definition) is 4. The van der Waals surface area contributed by atoms with Gasteiger partial charge in [-0.3, -0.25) is 4.57 Å². The number of imidazole rings is 1. The van der Waals surface area contributed by atoms with E-state index in [1.807, 2.05) is 19.1 Å². The SMILES string of the molecule is CCN(CC(C)(C)O)C(=O)NCc1cccnc1-n1ccnc1. The molecule has 2 aromatic rings. The molecule has 2 amide bonds. The Balaban J connectivity index is 2.05. The van der Waals surface area contributed by atoms with Crippen molar-refractivity contribution in [2.24, 2.45) is 0 Å². The van der Waals surface area contributed by atoms with Crippen LogP contribution in [0.25, 0.3) is 5.82 Å². The van der Waals surface area contributed by atoms with E-state index < -0.39 is 5.60 Å². The average Bonchev–Trinajstić information content (AvgIpc) is 3.04. The van der Waals surface area contributed by atoms with Gasteiger partial charge in [-0.1, -0.05) is 6.07 Å². The summed E-state index contributed by atoms with van der Waals surface area (Å²) in [7, 11) is 0. The maximum absolute atomic E-state index is 12.3. The van der Waals surface area contributed by atoms with Crippen LogP contribution in [0.5, 0.6) is 0 Å². The van der Waals surface area contributed by atoms with Gasteiger partial charge in [-0.25, -0.2) is 14.8 Å². The highest BCUT2D eigenvalue weighted by atomic mass is 16.3. The molecule has 0 aliphatic heterocycles. The van der Waals surface area contributed by atoms with E-state index in [1.165, 1.54) is 0 Å². The largest absolute Gasteiger partial charge is 0.389 e. The lowest BCUT2D eigenvalue weighted by Crippen LogP contribution is -2.46. The molecule has 23 heavy (non-hydrogen) atoms. The number of rotatable bonds is 6. The first-order chi connectivity index (χ1) is 10.9. The zero-order valence-corrected chi connectivity index (χ0v) is 13.7. The minimum atomic E-state index is -0.927. The van der Waals surface area contributed by atoms with Crippen molar-refractivity contribution in [2.75, 3.05) is 13.1 Å². The fourth-order valence-corrected chi connectivity index (χ4v) is 2.26. The first-order valence-electron chi connectivity index (χ1n) is 7.58. The van der Waals surface area contributed by atoms with Gasteiger partial charge >= 0.3 is 6.03 Å². The number of carbonyl (C=O) groups excluding carboxylic acids is 1. The van der Waals surface area contributed by atoms with Crippen molar-refractivity contribution in [2.45, 2.75) is 32.9 Å². The average molecular weight is 317 g/mol. The van der Waals surface area contributed by atoms with E-state index in [-0.39, 0.29) is 12.6 Å². The number of urea groups is 1. The van der Waals surface area contributed by atoms with Crippen LogP contribution in [0.2, 0.25) is 0 Å². The Morgan fingerprint density at radius 1 is 1.43 bits per heavy atom. The molecule has 0 aromatic carbocycles. The minimum Gasteiger partial charge on any atom is -0.389 e. The van der Waals surface area contributed by atoms with Gasteiger partial charge in [0.05, 0.1) is 12.1 Å². The zero-order chi connectivity index (χ0) is 16.9. The summed E-state index contributed by atoms with van der Waals surface area (Å²) in [5.74, 6) is 0.732. The summed E-state index contributed by atoms with van der Waals surface area (Å²) in [5, 5.41) is 12.8. The quantitative estimate of drug-likeness (QED) is 0.847. The highest BCUT2D eigenvalue weighted by molar-refractivity contribution is 5.74. The third-order valence-corrected chi connectivity index (χ3v) is 3.29. The summed E-state index contributed by atoms with van der Waals surface area (Å²) in [5.41, 5.74) is -0.0398. The van der Waals surface area contributed by atoms with Gasteiger partial charge in [-0.2, -0.15) is 0 Å². The van der Waals surface area contributed by atoms with Crippen molar-refractivity contribution in [3.63, 3.8) is 0 Å². The fraction of sp³-hybridized carbons (Fsp3) is 0.438. The predicted molar refractivity (Wildman–Crippen MR) is 87.1 cm³/mol. The van der Waals surface area contributed by atoms with Crippen molar-refractivity contribution < 1.29 is 9.90 Å². The van der Waals surface area contributed by atoms with Crippen LogP contribution in [0.3, 0.4) is 0 Å². The van der Waals surface area contributed by atoms with E-state index in [0.717, 1.165) is 11.4 Å². The third kappa shape index (κ3) is 4.79. The Hall–Kier alpha value is -2.41. The Bertz CT molecular complexity index is 634. The topological polar surface area (TPSA) is 83.3 Å². The van der Waals surface area contributed by atoms with Gasteiger partial charge in [0.1, 0.15) is 12.1 Å². The Morgan fingerprint density at radius 3 is 2.83 bits per heavy atom. The lowest BCUT2D eigenvalue weighted by atomic mass is 10.1. The lowest BCUT2D eigenvalue weighted by Gasteiger charge is -2.28. The molecule has 0 aliphatic rings. The van der Waals surface area contributed by atoms with Gasteiger partial charge in [0.15, 0.2) is 0 Å². The molecular formula is C16H23N5O2. The van der Waals surface area contributed by atoms with Crippen LogP contribution in [0.15, 0.2) is 37.1 Å². The molecule has 0 aliphatic carbocycles. The Labute approximate surface area is 136 Å². The molecule has 0 radical (unpaired) electrons. The number of likely N-dealkylation sites (N-methyl/N-ethyl adjacent to an activating group) is 1. The van der Waals surface area contributed by atoms with Crippen LogP contribution in [-0.4, -0.2) is 49.3 Å². The van der Waals surface area contributed by atoms with E-state index in [0.29, 0.717) is 13.1 Å². The number of pyridine rings is 1. The van der Waals surface area contributed by atoms with Crippen LogP contribution in [0.1, 0.15) is 26.3 Å². The molecule has 2 rings (SSSR count). The van der Waals surface area contributed by atoms with E-state index in [9.17, 15) is 9.90 Å². The van der Waals surface area contributed by atoms with Crippen LogP contribution in [-0.2, 0) is 6.54 Å². The standard InChI is InChI=1S/C16H23N5O2/c1-4-20(11-16(2,3)23)15(22)19-10-13-6-5-7-18-14(13)21-9-8-17-12-21/h5-9,12,23H,4,10-11H2,1-3H3,(H,19,22). The number of amides is 2. The van der Waals surface area contributed by atoms with E-state index >= 15 is 0 Å². The maximum Gasteiger partial charge on any atom is 0.317 e. The second-order valence-corrected chi connectivity index (χ2v) is 5.94. The van der Waals surface area contributed by atoms with Crippen molar-refractivity contribution in [3.05, 3.63) is 42.6 Å². The number of hydrogen-bond donors (Lipinski definition) is 2. The summed E-state index contributed by atoms with van der Waals surface area (Å²) < 4.78 is 1.80. The molecule has 0 saturated carbocycles. The molecule has 0 fully saturated rings. The second-order valence-electron chi connectivity index (χ2n) is 5.94. The number of aromatic nitrogens is 3. The van der Waals surface area contributed by atoms with Gasteiger partial charge < -0.3 is 15.3 Å². The van der Waals surface area contributed by atoms with Crippen molar-refractivity contribution in [3.8, 4) is 5.82 Å². The normalized spacial score (nSPS) is 11.3. The van der Waals surface area contributed by atoms with Crippen LogP contribution in [0.4, 0.5) is 4.79 Å². The number of aliphatic hydroxyl groups is 1. The van der Waals surface area contributed by atoms with Gasteiger partial charge in [0.25, 0.3) is 0 Å². The zero-order valence-electron chi connectivity index (χ0n) is 13.7. The summed E-state index contributed by atoms with van der Waals surface area (Å²) in [4.78, 5) is 22.2. The molecule has 0 saturated heterocycles. The molecule has 0 spiro atoms. The van der Waals surface area contributed by atoms with Gasteiger partial charge in [-0.15, -0.1) is 0 Å². The molecule has 0 bridgehead atoms. The third-order valence-electron chi connectivity index (χ3n) is 3.29. The maximum atomic E-state index is 12.3. The predicted octanol–water partition coefficient (Wildman–Crippen LogP) is 1.57. The van der Waals surface area contributed by atoms with Crippen LogP contribution < -0.4 is 5.32 Å². The second kappa shape index (κ2) is 7.23. The van der Waals surface area contributed by atoms with Crippen molar-refractivity contribution in [1.29, 1.82) is 0 Å². The molecule has 7 nitrogen and oxygen atoms in total. The summed E-state index contributed by atoms with van der Waals surface area (Å²) in [6.45, 7) is 6.39. The van der Waals surface area contributed by atoms with Crippen molar-refractivity contribution in [1.82, 2.24) is 24.8 Å². The van der Waals surface area contributed by atoms with Gasteiger partial charge in [-0.05, 0) is 26.8 Å². The molecule has 2 aromatic heterocycles. The Morgan fingerprint density at radius 2 is 2.22 bits per heavy atom. The van der Waals surface area contributed by atoms with E-state index in [2.05, 4.69) is 15.3 Å². The number of carbonyl (C=O) groups is 1. The molecule has 2 heterocycles. The number of nitrogens with zero attached hydrogens (tertiary/aromatic N) is 4. The lowest BCUT2D eigenvalue weighted by molar-refractivity contribution is 0.0480. The van der Waals surface area contributed by atoms with Gasteiger partial charge in [0.2, 0.25) is 0 Å². The fourth-order valence-electron chi connectivity index (χ4n) is 2.26. The molecule has 7 heteroatoms. The minimum absolute atomic E-state index is 0.213. The molecular weight excluding hydrogens is 294 g/mol.